The molecule has 0 saturated carbocycles. The number of piperazine rings is 1. The van der Waals surface area contributed by atoms with E-state index in [-0.39, 0.29) is 5.92 Å². The van der Waals surface area contributed by atoms with E-state index in [4.69, 9.17) is 0 Å². The number of unbranched alkanes of at least 4 members (excludes halogenated alkanes) is 1. The lowest BCUT2D eigenvalue weighted by Gasteiger charge is -2.29. The molecule has 1 amide bonds. The molecule has 0 radical (unpaired) electrons. The first kappa shape index (κ1) is 27.9. The third-order valence-corrected chi connectivity index (χ3v) is 3.70. The molecule has 1 unspecified atom stereocenters. The summed E-state index contributed by atoms with van der Waals surface area (Å²) in [5.41, 5.74) is 0. The van der Waals surface area contributed by atoms with Crippen LogP contribution in [0.2, 0.25) is 0 Å². The van der Waals surface area contributed by atoms with Gasteiger partial charge >= 0.3 is 0 Å². The van der Waals surface area contributed by atoms with Crippen molar-refractivity contribution in [2.24, 2.45) is 11.8 Å². The SMILES string of the molecule is CC.CCC(C)C=O.CCCCC(C)C.CN1CCN(C=O)CC1. The molecule has 0 spiro atoms. The minimum absolute atomic E-state index is 0.255. The maximum atomic E-state index is 10.2. The van der Waals surface area contributed by atoms with E-state index < -0.39 is 0 Å². The number of hydrogen-bond acceptors (Lipinski definition) is 3. The van der Waals surface area contributed by atoms with Gasteiger partial charge in [0.05, 0.1) is 0 Å². The van der Waals surface area contributed by atoms with Crippen LogP contribution in [0.3, 0.4) is 0 Å². The summed E-state index contributed by atoms with van der Waals surface area (Å²) in [6, 6.07) is 0. The van der Waals surface area contributed by atoms with E-state index in [9.17, 15) is 9.59 Å². The van der Waals surface area contributed by atoms with E-state index >= 15 is 0 Å². The van der Waals surface area contributed by atoms with E-state index in [0.717, 1.165) is 51.2 Å². The Hall–Kier alpha value is -0.900. The molecule has 0 aromatic heterocycles. The highest BCUT2D eigenvalue weighted by molar-refractivity contribution is 5.52. The van der Waals surface area contributed by atoms with Crippen LogP contribution in [0, 0.1) is 11.8 Å². The monoisotopic (exact) mass is 344 g/mol. The van der Waals surface area contributed by atoms with Gasteiger partial charge < -0.3 is 14.6 Å². The van der Waals surface area contributed by atoms with Gasteiger partial charge in [-0.2, -0.15) is 0 Å². The van der Waals surface area contributed by atoms with Crippen LogP contribution in [-0.2, 0) is 9.59 Å². The van der Waals surface area contributed by atoms with Crippen molar-refractivity contribution < 1.29 is 9.59 Å². The molecule has 4 heteroatoms. The van der Waals surface area contributed by atoms with Gasteiger partial charge in [-0.3, -0.25) is 4.79 Å². The molecule has 1 fully saturated rings. The van der Waals surface area contributed by atoms with E-state index in [1.54, 1.807) is 4.90 Å². The lowest BCUT2D eigenvalue weighted by molar-refractivity contribution is -0.119. The first-order chi connectivity index (χ1) is 11.4. The van der Waals surface area contributed by atoms with Crippen molar-refractivity contribution in [2.75, 3.05) is 33.2 Å². The van der Waals surface area contributed by atoms with Crippen molar-refractivity contribution in [3.8, 4) is 0 Å². The minimum Gasteiger partial charge on any atom is -0.343 e. The molecule has 146 valence electrons. The van der Waals surface area contributed by atoms with Crippen LogP contribution >= 0.6 is 0 Å². The zero-order valence-corrected chi connectivity index (χ0v) is 17.7. The highest BCUT2D eigenvalue weighted by atomic mass is 16.1. The zero-order valence-electron chi connectivity index (χ0n) is 17.7. The summed E-state index contributed by atoms with van der Waals surface area (Å²) >= 11 is 0. The second kappa shape index (κ2) is 22.1. The summed E-state index contributed by atoms with van der Waals surface area (Å²) in [6.45, 7) is 18.5. The molecule has 1 atom stereocenters. The number of carbonyl (C=O) groups is 2. The van der Waals surface area contributed by atoms with E-state index in [1.165, 1.54) is 19.3 Å². The smallest absolute Gasteiger partial charge is 0.209 e. The third kappa shape index (κ3) is 23.4. The molecule has 0 bridgehead atoms. The van der Waals surface area contributed by atoms with Gasteiger partial charge in [0.2, 0.25) is 6.41 Å². The molecule has 0 N–H and O–H groups in total. The van der Waals surface area contributed by atoms with Gasteiger partial charge in [0.25, 0.3) is 0 Å². The maximum Gasteiger partial charge on any atom is 0.209 e. The summed E-state index contributed by atoms with van der Waals surface area (Å²) in [5.74, 6) is 1.16. The zero-order chi connectivity index (χ0) is 19.4. The van der Waals surface area contributed by atoms with Gasteiger partial charge in [-0.15, -0.1) is 0 Å². The van der Waals surface area contributed by atoms with Crippen molar-refractivity contribution in [3.05, 3.63) is 0 Å². The van der Waals surface area contributed by atoms with E-state index in [1.807, 2.05) is 27.7 Å². The number of nitrogens with zero attached hydrogens (tertiary/aromatic N) is 2. The van der Waals surface area contributed by atoms with Crippen LogP contribution < -0.4 is 0 Å². The number of rotatable bonds is 6. The fraction of sp³-hybridized carbons (Fsp3) is 0.900. The molecular weight excluding hydrogens is 300 g/mol. The average molecular weight is 345 g/mol. The summed E-state index contributed by atoms with van der Waals surface area (Å²) in [4.78, 5) is 23.9. The Morgan fingerprint density at radius 3 is 1.67 bits per heavy atom. The van der Waals surface area contributed by atoms with Gasteiger partial charge in [-0.05, 0) is 19.4 Å². The maximum absolute atomic E-state index is 10.2. The molecule has 1 aliphatic rings. The molecule has 4 nitrogen and oxygen atoms in total. The quantitative estimate of drug-likeness (QED) is 0.667. The van der Waals surface area contributed by atoms with E-state index in [0.29, 0.717) is 0 Å². The Kier molecular flexibility index (Phi) is 25.7. The van der Waals surface area contributed by atoms with Crippen LogP contribution in [0.4, 0.5) is 0 Å². The van der Waals surface area contributed by atoms with Crippen molar-refractivity contribution in [3.63, 3.8) is 0 Å². The van der Waals surface area contributed by atoms with Gasteiger partial charge in [-0.1, -0.05) is 67.7 Å². The van der Waals surface area contributed by atoms with Gasteiger partial charge in [0.15, 0.2) is 0 Å². The Morgan fingerprint density at radius 2 is 1.46 bits per heavy atom. The predicted octanol–water partition coefficient (Wildman–Crippen LogP) is 4.48. The molecule has 1 aliphatic heterocycles. The van der Waals surface area contributed by atoms with Crippen LogP contribution in [-0.4, -0.2) is 55.7 Å². The van der Waals surface area contributed by atoms with Crippen LogP contribution in [0.15, 0.2) is 0 Å². The molecule has 1 saturated heterocycles. The Morgan fingerprint density at radius 1 is 0.958 bits per heavy atom. The predicted molar refractivity (Wildman–Crippen MR) is 106 cm³/mol. The molecular formula is C20H44N2O2. The van der Waals surface area contributed by atoms with Crippen LogP contribution in [0.25, 0.3) is 0 Å². The first-order valence-corrected chi connectivity index (χ1v) is 9.74. The molecule has 1 rings (SSSR count). The average Bonchev–Trinajstić information content (AvgIpc) is 2.62. The topological polar surface area (TPSA) is 40.6 Å². The van der Waals surface area contributed by atoms with Crippen molar-refractivity contribution in [1.29, 1.82) is 0 Å². The highest BCUT2D eigenvalue weighted by Gasteiger charge is 2.10. The second-order valence-corrected chi connectivity index (χ2v) is 6.50. The molecule has 24 heavy (non-hydrogen) atoms. The summed E-state index contributed by atoms with van der Waals surface area (Å²) in [6.07, 6.45) is 7.00. The fourth-order valence-electron chi connectivity index (χ4n) is 1.64. The van der Waals surface area contributed by atoms with Crippen molar-refractivity contribution >= 4 is 12.7 Å². The molecule has 0 aliphatic carbocycles. The first-order valence-electron chi connectivity index (χ1n) is 9.74. The number of aldehydes is 1. The fourth-order valence-corrected chi connectivity index (χ4v) is 1.64. The normalized spacial score (nSPS) is 15.0. The van der Waals surface area contributed by atoms with Crippen molar-refractivity contribution in [1.82, 2.24) is 9.80 Å². The molecule has 1 heterocycles. The number of amides is 1. The second-order valence-electron chi connectivity index (χ2n) is 6.50. The number of likely N-dealkylation sites (N-methyl/N-ethyl adjacent to an activating group) is 1. The van der Waals surface area contributed by atoms with Crippen LogP contribution in [0.5, 0.6) is 0 Å². The lowest BCUT2D eigenvalue weighted by atomic mass is 10.1. The number of carbonyl (C=O) groups excluding carboxylic acids is 2. The summed E-state index contributed by atoms with van der Waals surface area (Å²) in [5, 5.41) is 0. The molecule has 0 aromatic carbocycles. The Labute approximate surface area is 152 Å². The Bertz CT molecular complexity index is 250. The summed E-state index contributed by atoms with van der Waals surface area (Å²) < 4.78 is 0. The standard InChI is InChI=1S/C7H16.C6H12N2O.C5H10O.C2H6/c1-4-5-6-7(2)3;1-7-2-4-8(6-9)5-3-7;1-3-5(2)4-6;1-2/h7H,4-6H2,1-3H3;6H,2-5H2,1H3;4-5H,3H2,1-2H3;1-2H3. The number of hydrogen-bond donors (Lipinski definition) is 0. The van der Waals surface area contributed by atoms with Crippen molar-refractivity contribution in [2.45, 2.75) is 74.1 Å². The van der Waals surface area contributed by atoms with Gasteiger partial charge in [0, 0.05) is 32.1 Å². The molecule has 0 aromatic rings. The van der Waals surface area contributed by atoms with Gasteiger partial charge in [0.1, 0.15) is 6.29 Å². The van der Waals surface area contributed by atoms with E-state index in [2.05, 4.69) is 32.7 Å². The Balaban J connectivity index is -0.000000268. The largest absolute Gasteiger partial charge is 0.343 e. The summed E-state index contributed by atoms with van der Waals surface area (Å²) in [7, 11) is 2.07. The highest BCUT2D eigenvalue weighted by Crippen LogP contribution is 2.04. The lowest BCUT2D eigenvalue weighted by Crippen LogP contribution is -2.43. The van der Waals surface area contributed by atoms with Gasteiger partial charge in [-0.25, -0.2) is 0 Å². The third-order valence-electron chi connectivity index (χ3n) is 3.70. The van der Waals surface area contributed by atoms with Crippen LogP contribution in [0.1, 0.15) is 74.1 Å². The minimum atomic E-state index is 0.255.